The zero-order valence-corrected chi connectivity index (χ0v) is 14.1. The molecule has 0 saturated carbocycles. The molecule has 0 amide bonds. The second-order valence-electron chi connectivity index (χ2n) is 5.48. The number of benzene rings is 1. The van der Waals surface area contributed by atoms with Gasteiger partial charge in [-0.1, -0.05) is 13.3 Å². The number of H-pyrrole nitrogens is 1. The summed E-state index contributed by atoms with van der Waals surface area (Å²) in [5.74, 6) is 0.720. The average Bonchev–Trinajstić information content (AvgIpc) is 3.30. The van der Waals surface area contributed by atoms with E-state index in [1.54, 1.807) is 13.2 Å². The van der Waals surface area contributed by atoms with Gasteiger partial charge >= 0.3 is 5.97 Å². The van der Waals surface area contributed by atoms with Gasteiger partial charge in [-0.15, -0.1) is 0 Å². The Morgan fingerprint density at radius 3 is 2.80 bits per heavy atom. The minimum atomic E-state index is -0.493. The fourth-order valence-corrected chi connectivity index (χ4v) is 2.32. The lowest BCUT2D eigenvalue weighted by atomic mass is 10.2. The molecule has 7 nitrogen and oxygen atoms in total. The maximum Gasteiger partial charge on any atom is 0.359 e. The van der Waals surface area contributed by atoms with Crippen LogP contribution in [0.2, 0.25) is 0 Å². The molecule has 0 atom stereocenters. The highest BCUT2D eigenvalue weighted by molar-refractivity contribution is 5.87. The molecule has 0 fully saturated rings. The summed E-state index contributed by atoms with van der Waals surface area (Å²) in [4.78, 5) is 16.3. The Balaban J connectivity index is 1.59. The lowest BCUT2D eigenvalue weighted by Gasteiger charge is -2.00. The first-order valence-corrected chi connectivity index (χ1v) is 8.00. The summed E-state index contributed by atoms with van der Waals surface area (Å²) >= 11 is 0. The number of carbonyl (C=O) groups is 1. The van der Waals surface area contributed by atoms with Crippen molar-refractivity contribution < 1.29 is 18.7 Å². The number of esters is 1. The first-order chi connectivity index (χ1) is 12.2. The third-order valence-corrected chi connectivity index (χ3v) is 3.60. The van der Waals surface area contributed by atoms with E-state index in [-0.39, 0.29) is 12.3 Å². The molecule has 0 unspecified atom stereocenters. The molecule has 2 aromatic heterocycles. The third kappa shape index (κ3) is 4.06. The maximum atomic E-state index is 12.0. The number of aromatic amines is 1. The number of hydrogen-bond acceptors (Lipinski definition) is 6. The van der Waals surface area contributed by atoms with Crippen LogP contribution in [0.1, 0.15) is 35.2 Å². The molecule has 3 aromatic rings. The van der Waals surface area contributed by atoms with E-state index in [2.05, 4.69) is 22.1 Å². The van der Waals surface area contributed by atoms with E-state index >= 15 is 0 Å². The van der Waals surface area contributed by atoms with Crippen LogP contribution in [0.25, 0.3) is 11.5 Å². The van der Waals surface area contributed by atoms with Crippen molar-refractivity contribution >= 4 is 5.97 Å². The van der Waals surface area contributed by atoms with E-state index < -0.39 is 5.97 Å². The third-order valence-electron chi connectivity index (χ3n) is 3.60. The monoisotopic (exact) mass is 341 g/mol. The first-order valence-electron chi connectivity index (χ1n) is 8.00. The van der Waals surface area contributed by atoms with Crippen LogP contribution in [0, 0.1) is 0 Å². The van der Waals surface area contributed by atoms with E-state index in [9.17, 15) is 4.79 Å². The number of nitrogens with one attached hydrogen (secondary N) is 1. The highest BCUT2D eigenvalue weighted by atomic mass is 16.5. The number of aryl methyl sites for hydroxylation is 1. The van der Waals surface area contributed by atoms with E-state index in [1.165, 1.54) is 6.26 Å². The highest BCUT2D eigenvalue weighted by Crippen LogP contribution is 2.22. The van der Waals surface area contributed by atoms with Gasteiger partial charge in [0, 0.05) is 11.3 Å². The summed E-state index contributed by atoms with van der Waals surface area (Å²) < 4.78 is 15.8. The van der Waals surface area contributed by atoms with Crippen molar-refractivity contribution in [3.05, 3.63) is 53.7 Å². The zero-order valence-electron chi connectivity index (χ0n) is 14.1. The Kier molecular flexibility index (Phi) is 5.13. The van der Waals surface area contributed by atoms with Gasteiger partial charge in [0.1, 0.15) is 24.3 Å². The molecule has 0 aliphatic carbocycles. The Bertz CT molecular complexity index is 836. The van der Waals surface area contributed by atoms with Crippen molar-refractivity contribution in [2.45, 2.75) is 26.4 Å². The molecule has 1 aromatic carbocycles. The Morgan fingerprint density at radius 2 is 2.08 bits per heavy atom. The highest BCUT2D eigenvalue weighted by Gasteiger charge is 2.14. The fourth-order valence-electron chi connectivity index (χ4n) is 2.32. The van der Waals surface area contributed by atoms with Gasteiger partial charge in [-0.2, -0.15) is 5.10 Å². The second-order valence-corrected chi connectivity index (χ2v) is 5.48. The van der Waals surface area contributed by atoms with Gasteiger partial charge in [0.25, 0.3) is 0 Å². The van der Waals surface area contributed by atoms with E-state index in [0.717, 1.165) is 29.8 Å². The molecular formula is C18H19N3O4. The molecule has 7 heteroatoms. The smallest absolute Gasteiger partial charge is 0.359 e. The summed E-state index contributed by atoms with van der Waals surface area (Å²) in [5.41, 5.74) is 2.53. The van der Waals surface area contributed by atoms with Gasteiger partial charge in [0.15, 0.2) is 5.69 Å². The minimum Gasteiger partial charge on any atom is -0.497 e. The molecule has 0 bridgehead atoms. The van der Waals surface area contributed by atoms with Crippen LogP contribution in [-0.2, 0) is 17.8 Å². The molecule has 0 aliphatic heterocycles. The SMILES string of the molecule is CCCc1cc(C(=O)OCc2coc(-c3ccc(OC)cc3)n2)n[nH]1. The largest absolute Gasteiger partial charge is 0.497 e. The van der Waals surface area contributed by atoms with E-state index in [1.807, 2.05) is 24.3 Å². The number of hydrogen-bond donors (Lipinski definition) is 1. The van der Waals surface area contributed by atoms with Crippen LogP contribution in [0.3, 0.4) is 0 Å². The van der Waals surface area contributed by atoms with Crippen molar-refractivity contribution in [1.29, 1.82) is 0 Å². The molecular weight excluding hydrogens is 322 g/mol. The van der Waals surface area contributed by atoms with Crippen molar-refractivity contribution in [3.8, 4) is 17.2 Å². The number of nitrogens with zero attached hydrogens (tertiary/aromatic N) is 2. The van der Waals surface area contributed by atoms with Crippen LogP contribution < -0.4 is 4.74 Å². The number of rotatable bonds is 7. The summed E-state index contributed by atoms with van der Waals surface area (Å²) in [6.07, 6.45) is 3.29. The number of ether oxygens (including phenoxy) is 2. The normalized spacial score (nSPS) is 10.6. The fraction of sp³-hybridized carbons (Fsp3) is 0.278. The molecule has 0 aliphatic rings. The quantitative estimate of drug-likeness (QED) is 0.663. The Hall–Kier alpha value is -3.09. The molecule has 25 heavy (non-hydrogen) atoms. The van der Waals surface area contributed by atoms with E-state index in [4.69, 9.17) is 13.9 Å². The molecule has 3 rings (SSSR count). The van der Waals surface area contributed by atoms with Crippen LogP contribution in [0.15, 0.2) is 41.0 Å². The molecule has 130 valence electrons. The molecule has 0 radical (unpaired) electrons. The van der Waals surface area contributed by atoms with E-state index in [0.29, 0.717) is 11.6 Å². The predicted molar refractivity (Wildman–Crippen MR) is 90.2 cm³/mol. The lowest BCUT2D eigenvalue weighted by molar-refractivity contribution is 0.0460. The van der Waals surface area contributed by atoms with Crippen molar-refractivity contribution in [2.75, 3.05) is 7.11 Å². The van der Waals surface area contributed by atoms with Crippen molar-refractivity contribution in [2.24, 2.45) is 0 Å². The maximum absolute atomic E-state index is 12.0. The standard InChI is InChI=1S/C18H19N3O4/c1-3-4-13-9-16(21-20-13)18(22)25-11-14-10-24-17(19-14)12-5-7-15(23-2)8-6-12/h5-10H,3-4,11H2,1-2H3,(H,20,21). The predicted octanol–water partition coefficient (Wildman–Crippen LogP) is 3.38. The van der Waals surface area contributed by atoms with Crippen molar-refractivity contribution in [1.82, 2.24) is 15.2 Å². The Labute approximate surface area is 145 Å². The minimum absolute atomic E-state index is 0.0223. The topological polar surface area (TPSA) is 90.2 Å². The van der Waals surface area contributed by atoms with Gasteiger partial charge in [0.05, 0.1) is 7.11 Å². The number of methoxy groups -OCH3 is 1. The first kappa shape index (κ1) is 16.8. The second kappa shape index (κ2) is 7.65. The van der Waals surface area contributed by atoms with Gasteiger partial charge in [0.2, 0.25) is 5.89 Å². The molecule has 1 N–H and O–H groups in total. The molecule has 0 saturated heterocycles. The Morgan fingerprint density at radius 1 is 1.28 bits per heavy atom. The van der Waals surface area contributed by atoms with Crippen molar-refractivity contribution in [3.63, 3.8) is 0 Å². The number of carbonyl (C=O) groups excluding carboxylic acids is 1. The summed E-state index contributed by atoms with van der Waals surface area (Å²) in [7, 11) is 1.61. The molecule has 2 heterocycles. The van der Waals surface area contributed by atoms with Gasteiger partial charge in [-0.05, 0) is 36.8 Å². The van der Waals surface area contributed by atoms with Gasteiger partial charge < -0.3 is 13.9 Å². The van der Waals surface area contributed by atoms with Crippen LogP contribution >= 0.6 is 0 Å². The average molecular weight is 341 g/mol. The summed E-state index contributed by atoms with van der Waals surface area (Å²) in [6, 6.07) is 9.05. The van der Waals surface area contributed by atoms with Crippen LogP contribution in [0.5, 0.6) is 5.75 Å². The summed E-state index contributed by atoms with van der Waals surface area (Å²) in [6.45, 7) is 2.08. The zero-order chi connectivity index (χ0) is 17.6. The van der Waals surface area contributed by atoms with Crippen LogP contribution in [-0.4, -0.2) is 28.3 Å². The number of oxazole rings is 1. The van der Waals surface area contributed by atoms with Crippen LogP contribution in [0.4, 0.5) is 0 Å². The summed E-state index contributed by atoms with van der Waals surface area (Å²) in [5, 5.41) is 6.79. The molecule has 0 spiro atoms. The number of aromatic nitrogens is 3. The van der Waals surface area contributed by atoms with Gasteiger partial charge in [-0.3, -0.25) is 5.10 Å². The van der Waals surface area contributed by atoms with Gasteiger partial charge in [-0.25, -0.2) is 9.78 Å². The lowest BCUT2D eigenvalue weighted by Crippen LogP contribution is -2.05.